The van der Waals surface area contributed by atoms with Crippen LogP contribution in [0.1, 0.15) is 26.2 Å². The van der Waals surface area contributed by atoms with Crippen LogP contribution >= 0.6 is 24.0 Å². The number of amides is 1. The van der Waals surface area contributed by atoms with Crippen molar-refractivity contribution in [3.05, 3.63) is 29.0 Å². The van der Waals surface area contributed by atoms with Crippen LogP contribution in [0, 0.1) is 5.82 Å². The van der Waals surface area contributed by atoms with E-state index in [1.54, 1.807) is 12.1 Å². The van der Waals surface area contributed by atoms with Crippen LogP contribution in [0.25, 0.3) is 0 Å². The quantitative estimate of drug-likeness (QED) is 0.859. The minimum atomic E-state index is -0.440. The molecular weight excluding hydrogens is 328 g/mol. The highest BCUT2D eigenvalue weighted by molar-refractivity contribution is 6.31. The van der Waals surface area contributed by atoms with Crippen molar-refractivity contribution in [2.24, 2.45) is 5.73 Å². The van der Waals surface area contributed by atoms with Crippen LogP contribution in [0.5, 0.6) is 0 Å². The Balaban J connectivity index is 0.00000242. The Kier molecular flexibility index (Phi) is 7.39. The first kappa shape index (κ1) is 19.0. The molecule has 0 saturated carbocycles. The fourth-order valence-corrected chi connectivity index (χ4v) is 2.72. The molecule has 2 unspecified atom stereocenters. The zero-order valence-corrected chi connectivity index (χ0v) is 14.1. The SMILES string of the molecule is CCCC(N)C(=O)NC1CCN(c2ccc(F)c(Cl)c2)C1.Cl. The summed E-state index contributed by atoms with van der Waals surface area (Å²) in [4.78, 5) is 14.0. The minimum Gasteiger partial charge on any atom is -0.369 e. The van der Waals surface area contributed by atoms with Gasteiger partial charge in [0.2, 0.25) is 5.91 Å². The predicted octanol–water partition coefficient (Wildman–Crippen LogP) is 2.72. The molecule has 0 radical (unpaired) electrons. The van der Waals surface area contributed by atoms with Crippen LogP contribution in [0.3, 0.4) is 0 Å². The van der Waals surface area contributed by atoms with Gasteiger partial charge in [0, 0.05) is 24.8 Å². The standard InChI is InChI=1S/C15H21ClFN3O.ClH/c1-2-3-14(18)15(21)19-10-6-7-20(9-10)11-4-5-13(17)12(16)8-11;/h4-5,8,10,14H,2-3,6-7,9,18H2,1H3,(H,19,21);1H. The van der Waals surface area contributed by atoms with Crippen LogP contribution in [0.2, 0.25) is 5.02 Å². The molecular formula is C15H22Cl2FN3O. The predicted molar refractivity (Wildman–Crippen MR) is 90.3 cm³/mol. The largest absolute Gasteiger partial charge is 0.369 e. The third-order valence-electron chi connectivity index (χ3n) is 3.74. The van der Waals surface area contributed by atoms with E-state index in [2.05, 4.69) is 10.2 Å². The molecule has 0 spiro atoms. The Morgan fingerprint density at radius 2 is 2.32 bits per heavy atom. The van der Waals surface area contributed by atoms with Crippen LogP contribution in [-0.2, 0) is 4.79 Å². The summed E-state index contributed by atoms with van der Waals surface area (Å²) < 4.78 is 13.2. The number of benzene rings is 1. The van der Waals surface area contributed by atoms with Gasteiger partial charge in [-0.25, -0.2) is 4.39 Å². The highest BCUT2D eigenvalue weighted by atomic mass is 35.5. The fraction of sp³-hybridized carbons (Fsp3) is 0.533. The molecule has 1 saturated heterocycles. The summed E-state index contributed by atoms with van der Waals surface area (Å²) in [6, 6.07) is 4.31. The lowest BCUT2D eigenvalue weighted by Crippen LogP contribution is -2.46. The number of carbonyl (C=O) groups excluding carboxylic acids is 1. The third kappa shape index (κ3) is 4.73. The van der Waals surface area contributed by atoms with Crippen molar-refractivity contribution in [2.75, 3.05) is 18.0 Å². The number of hydrogen-bond donors (Lipinski definition) is 2. The highest BCUT2D eigenvalue weighted by Crippen LogP contribution is 2.25. The normalized spacial score (nSPS) is 18.7. The topological polar surface area (TPSA) is 58.4 Å². The van der Waals surface area contributed by atoms with Crippen molar-refractivity contribution in [1.29, 1.82) is 0 Å². The summed E-state index contributed by atoms with van der Waals surface area (Å²) in [5.74, 6) is -0.518. The number of anilines is 1. The molecule has 1 aliphatic heterocycles. The maximum atomic E-state index is 13.2. The molecule has 1 aromatic carbocycles. The first-order valence-corrected chi connectivity index (χ1v) is 7.65. The van der Waals surface area contributed by atoms with E-state index in [0.29, 0.717) is 13.0 Å². The molecule has 1 heterocycles. The molecule has 3 N–H and O–H groups in total. The molecule has 124 valence electrons. The lowest BCUT2D eigenvalue weighted by Gasteiger charge is -2.20. The van der Waals surface area contributed by atoms with Crippen molar-refractivity contribution >= 4 is 35.6 Å². The molecule has 1 aliphatic rings. The lowest BCUT2D eigenvalue weighted by molar-refractivity contribution is -0.123. The van der Waals surface area contributed by atoms with Gasteiger partial charge in [0.25, 0.3) is 0 Å². The van der Waals surface area contributed by atoms with Gasteiger partial charge in [-0.2, -0.15) is 0 Å². The summed E-state index contributed by atoms with van der Waals surface area (Å²) in [5.41, 5.74) is 6.67. The van der Waals surface area contributed by atoms with Crippen molar-refractivity contribution in [3.63, 3.8) is 0 Å². The first-order valence-electron chi connectivity index (χ1n) is 7.27. The molecule has 0 bridgehead atoms. The van der Waals surface area contributed by atoms with Crippen molar-refractivity contribution in [3.8, 4) is 0 Å². The number of nitrogens with one attached hydrogen (secondary N) is 1. The van der Waals surface area contributed by atoms with Gasteiger partial charge in [0.15, 0.2) is 0 Å². The smallest absolute Gasteiger partial charge is 0.237 e. The van der Waals surface area contributed by atoms with Gasteiger partial charge in [-0.1, -0.05) is 24.9 Å². The Hall–Kier alpha value is -1.04. The Morgan fingerprint density at radius 3 is 2.95 bits per heavy atom. The zero-order chi connectivity index (χ0) is 15.4. The van der Waals surface area contributed by atoms with Gasteiger partial charge in [-0.3, -0.25) is 4.79 Å². The molecule has 1 fully saturated rings. The zero-order valence-electron chi connectivity index (χ0n) is 12.5. The summed E-state index contributed by atoms with van der Waals surface area (Å²) in [6.07, 6.45) is 2.43. The molecule has 0 aliphatic carbocycles. The van der Waals surface area contributed by atoms with Crippen molar-refractivity contribution < 1.29 is 9.18 Å². The lowest BCUT2D eigenvalue weighted by atomic mass is 10.1. The second-order valence-corrected chi connectivity index (χ2v) is 5.84. The fourth-order valence-electron chi connectivity index (χ4n) is 2.54. The van der Waals surface area contributed by atoms with Crippen LogP contribution in [-0.4, -0.2) is 31.1 Å². The van der Waals surface area contributed by atoms with Gasteiger partial charge in [-0.05, 0) is 31.0 Å². The molecule has 1 amide bonds. The molecule has 0 aromatic heterocycles. The highest BCUT2D eigenvalue weighted by Gasteiger charge is 2.26. The maximum absolute atomic E-state index is 13.2. The van der Waals surface area contributed by atoms with Gasteiger partial charge < -0.3 is 16.0 Å². The third-order valence-corrected chi connectivity index (χ3v) is 4.03. The number of halogens is 3. The molecule has 7 heteroatoms. The van der Waals surface area contributed by atoms with Gasteiger partial charge >= 0.3 is 0 Å². The van der Waals surface area contributed by atoms with Crippen LogP contribution < -0.4 is 16.0 Å². The summed E-state index contributed by atoms with van der Waals surface area (Å²) in [7, 11) is 0. The van der Waals surface area contributed by atoms with E-state index in [-0.39, 0.29) is 29.4 Å². The van der Waals surface area contributed by atoms with Gasteiger partial charge in [0.1, 0.15) is 5.82 Å². The van der Waals surface area contributed by atoms with Crippen LogP contribution in [0.4, 0.5) is 10.1 Å². The number of hydrogen-bond acceptors (Lipinski definition) is 3. The van der Waals surface area contributed by atoms with E-state index in [0.717, 1.165) is 25.1 Å². The van der Waals surface area contributed by atoms with E-state index in [9.17, 15) is 9.18 Å². The molecule has 1 aromatic rings. The van der Waals surface area contributed by atoms with E-state index in [1.807, 2.05) is 6.92 Å². The number of carbonyl (C=O) groups is 1. The second kappa shape index (κ2) is 8.56. The number of nitrogens with zero attached hydrogens (tertiary/aromatic N) is 1. The van der Waals surface area contributed by atoms with Crippen LogP contribution in [0.15, 0.2) is 18.2 Å². The summed E-state index contributed by atoms with van der Waals surface area (Å²) in [6.45, 7) is 3.49. The number of rotatable bonds is 5. The van der Waals surface area contributed by atoms with E-state index in [1.165, 1.54) is 6.07 Å². The summed E-state index contributed by atoms with van der Waals surface area (Å²) >= 11 is 5.80. The first-order chi connectivity index (χ1) is 10.0. The minimum absolute atomic E-state index is 0. The summed E-state index contributed by atoms with van der Waals surface area (Å²) in [5, 5.41) is 3.09. The molecule has 22 heavy (non-hydrogen) atoms. The second-order valence-electron chi connectivity index (χ2n) is 5.43. The average molecular weight is 350 g/mol. The van der Waals surface area contributed by atoms with E-state index < -0.39 is 11.9 Å². The average Bonchev–Trinajstić information content (AvgIpc) is 2.90. The van der Waals surface area contributed by atoms with E-state index >= 15 is 0 Å². The molecule has 2 rings (SSSR count). The van der Waals surface area contributed by atoms with Crippen molar-refractivity contribution in [1.82, 2.24) is 5.32 Å². The Morgan fingerprint density at radius 1 is 1.59 bits per heavy atom. The molecule has 4 nitrogen and oxygen atoms in total. The van der Waals surface area contributed by atoms with Crippen molar-refractivity contribution in [2.45, 2.75) is 38.3 Å². The maximum Gasteiger partial charge on any atom is 0.237 e. The molecule has 2 atom stereocenters. The Labute approximate surface area is 141 Å². The van der Waals surface area contributed by atoms with Gasteiger partial charge in [-0.15, -0.1) is 12.4 Å². The van der Waals surface area contributed by atoms with E-state index in [4.69, 9.17) is 17.3 Å². The monoisotopic (exact) mass is 349 g/mol. The van der Waals surface area contributed by atoms with Gasteiger partial charge in [0.05, 0.1) is 11.1 Å². The Bertz CT molecular complexity index is 516. The number of nitrogens with two attached hydrogens (primary N) is 1.